The number of benzene rings is 3. The van der Waals surface area contributed by atoms with Gasteiger partial charge in [-0.1, -0.05) is 48.5 Å². The number of aryl methyl sites for hydroxylation is 2. The molecule has 0 amide bonds. The minimum Gasteiger partial charge on any atom is -0.491 e. The fraction of sp³-hybridized carbons (Fsp3) is 0.300. The van der Waals surface area contributed by atoms with Gasteiger partial charge < -0.3 is 14.6 Å². The SMILES string of the molecule is Cc1ccccc1OCC(O)CN(Cc1c(-c2ccccc2)nn(C)c1Oc1ccc(F)cc1)C(C)C. The second kappa shape index (κ2) is 12.0. The molecule has 0 saturated carbocycles. The smallest absolute Gasteiger partial charge is 0.222 e. The molecule has 37 heavy (non-hydrogen) atoms. The van der Waals surface area contributed by atoms with E-state index in [-0.39, 0.29) is 18.5 Å². The van der Waals surface area contributed by atoms with Gasteiger partial charge in [-0.2, -0.15) is 5.10 Å². The Morgan fingerprint density at radius 3 is 2.32 bits per heavy atom. The van der Waals surface area contributed by atoms with Crippen LogP contribution < -0.4 is 9.47 Å². The minimum absolute atomic E-state index is 0.135. The molecular weight excluding hydrogens is 469 g/mol. The van der Waals surface area contributed by atoms with Gasteiger partial charge in [0, 0.05) is 31.7 Å². The summed E-state index contributed by atoms with van der Waals surface area (Å²) in [4.78, 5) is 2.17. The standard InChI is InChI=1S/C30H34FN3O3/c1-21(2)34(18-25(35)20-36-28-13-9-8-10-22(28)3)19-27-29(23-11-6-5-7-12-23)32-33(4)30(27)37-26-16-14-24(31)15-17-26/h5-17,21,25,35H,18-20H2,1-4H3. The third-order valence-electron chi connectivity index (χ3n) is 6.22. The maximum atomic E-state index is 13.5. The first kappa shape index (κ1) is 26.4. The molecular formula is C30H34FN3O3. The topological polar surface area (TPSA) is 59.8 Å². The van der Waals surface area contributed by atoms with Crippen LogP contribution in [0.2, 0.25) is 0 Å². The Morgan fingerprint density at radius 2 is 1.65 bits per heavy atom. The van der Waals surface area contributed by atoms with E-state index < -0.39 is 6.10 Å². The number of halogens is 1. The van der Waals surface area contributed by atoms with Crippen LogP contribution in [0.3, 0.4) is 0 Å². The van der Waals surface area contributed by atoms with Crippen molar-refractivity contribution in [2.75, 3.05) is 13.2 Å². The average molecular weight is 504 g/mol. The quantitative estimate of drug-likeness (QED) is 0.273. The lowest BCUT2D eigenvalue weighted by Crippen LogP contribution is -2.39. The number of ether oxygens (including phenoxy) is 2. The lowest BCUT2D eigenvalue weighted by molar-refractivity contribution is 0.0539. The molecule has 0 radical (unpaired) electrons. The zero-order valence-electron chi connectivity index (χ0n) is 21.8. The van der Waals surface area contributed by atoms with Crippen LogP contribution in [0.5, 0.6) is 17.4 Å². The van der Waals surface area contributed by atoms with Crippen LogP contribution in [-0.2, 0) is 13.6 Å². The molecule has 0 spiro atoms. The number of rotatable bonds is 11. The van der Waals surface area contributed by atoms with Crippen LogP contribution in [0.25, 0.3) is 11.3 Å². The number of nitrogens with zero attached hydrogens (tertiary/aromatic N) is 3. The highest BCUT2D eigenvalue weighted by Crippen LogP contribution is 2.34. The van der Waals surface area contributed by atoms with Crippen LogP contribution in [0, 0.1) is 12.7 Å². The predicted molar refractivity (Wildman–Crippen MR) is 143 cm³/mol. The summed E-state index contributed by atoms with van der Waals surface area (Å²) >= 11 is 0. The number of para-hydroxylation sites is 1. The van der Waals surface area contributed by atoms with Gasteiger partial charge in [0.05, 0.1) is 5.56 Å². The Balaban J connectivity index is 1.59. The Bertz CT molecular complexity index is 1290. The minimum atomic E-state index is -0.694. The van der Waals surface area contributed by atoms with E-state index in [4.69, 9.17) is 14.6 Å². The molecule has 3 aromatic carbocycles. The van der Waals surface area contributed by atoms with Crippen molar-refractivity contribution in [3.05, 3.63) is 95.8 Å². The number of aromatic nitrogens is 2. The first-order valence-electron chi connectivity index (χ1n) is 12.5. The van der Waals surface area contributed by atoms with Crippen molar-refractivity contribution in [3.8, 4) is 28.6 Å². The fourth-order valence-corrected chi connectivity index (χ4v) is 4.15. The summed E-state index contributed by atoms with van der Waals surface area (Å²) < 4.78 is 27.3. The number of aliphatic hydroxyl groups is 1. The maximum absolute atomic E-state index is 13.5. The summed E-state index contributed by atoms with van der Waals surface area (Å²) in [6.45, 7) is 7.25. The molecule has 7 heteroatoms. The maximum Gasteiger partial charge on any atom is 0.222 e. The number of aliphatic hydroxyl groups excluding tert-OH is 1. The van der Waals surface area contributed by atoms with E-state index in [1.54, 1.807) is 16.8 Å². The van der Waals surface area contributed by atoms with Gasteiger partial charge in [-0.3, -0.25) is 4.90 Å². The molecule has 1 atom stereocenters. The van der Waals surface area contributed by atoms with Gasteiger partial charge in [0.1, 0.15) is 35.7 Å². The first-order valence-corrected chi connectivity index (χ1v) is 12.5. The van der Waals surface area contributed by atoms with Crippen molar-refractivity contribution >= 4 is 0 Å². The second-order valence-electron chi connectivity index (χ2n) is 9.43. The molecule has 0 aliphatic carbocycles. The molecule has 0 bridgehead atoms. The average Bonchev–Trinajstić information content (AvgIpc) is 3.19. The van der Waals surface area contributed by atoms with E-state index in [1.807, 2.05) is 68.6 Å². The Hall–Kier alpha value is -3.68. The molecule has 194 valence electrons. The van der Waals surface area contributed by atoms with Crippen LogP contribution in [0.4, 0.5) is 4.39 Å². The number of hydrogen-bond donors (Lipinski definition) is 1. The van der Waals surface area contributed by atoms with Gasteiger partial charge in [-0.15, -0.1) is 0 Å². The monoisotopic (exact) mass is 503 g/mol. The Labute approximate surface area is 217 Å². The van der Waals surface area contributed by atoms with Crippen LogP contribution >= 0.6 is 0 Å². The normalized spacial score (nSPS) is 12.2. The van der Waals surface area contributed by atoms with Crippen molar-refractivity contribution in [1.82, 2.24) is 14.7 Å². The molecule has 4 rings (SSSR count). The zero-order valence-corrected chi connectivity index (χ0v) is 21.8. The predicted octanol–water partition coefficient (Wildman–Crippen LogP) is 5.98. The van der Waals surface area contributed by atoms with Crippen LogP contribution in [0.15, 0.2) is 78.9 Å². The third kappa shape index (κ3) is 6.76. The van der Waals surface area contributed by atoms with Crippen molar-refractivity contribution in [3.63, 3.8) is 0 Å². The summed E-state index contributed by atoms with van der Waals surface area (Å²) in [5.74, 6) is 1.54. The van der Waals surface area contributed by atoms with E-state index >= 15 is 0 Å². The van der Waals surface area contributed by atoms with E-state index in [1.165, 1.54) is 12.1 Å². The molecule has 1 heterocycles. The van der Waals surface area contributed by atoms with Crippen molar-refractivity contribution in [2.24, 2.45) is 7.05 Å². The van der Waals surface area contributed by atoms with Crippen LogP contribution in [-0.4, -0.2) is 45.1 Å². The summed E-state index contributed by atoms with van der Waals surface area (Å²) in [7, 11) is 1.83. The van der Waals surface area contributed by atoms with Gasteiger partial charge in [-0.25, -0.2) is 9.07 Å². The highest BCUT2D eigenvalue weighted by molar-refractivity contribution is 5.65. The molecule has 1 N–H and O–H groups in total. The van der Waals surface area contributed by atoms with Gasteiger partial charge in [0.15, 0.2) is 0 Å². The fourth-order valence-electron chi connectivity index (χ4n) is 4.15. The van der Waals surface area contributed by atoms with Gasteiger partial charge in [0.25, 0.3) is 0 Å². The van der Waals surface area contributed by atoms with Crippen molar-refractivity contribution < 1.29 is 19.0 Å². The first-order chi connectivity index (χ1) is 17.8. The molecule has 1 aromatic heterocycles. The molecule has 0 aliphatic heterocycles. The highest BCUT2D eigenvalue weighted by atomic mass is 19.1. The summed E-state index contributed by atoms with van der Waals surface area (Å²) in [6, 6.07) is 23.8. The lowest BCUT2D eigenvalue weighted by Gasteiger charge is -2.29. The Morgan fingerprint density at radius 1 is 0.973 bits per heavy atom. The molecule has 6 nitrogen and oxygen atoms in total. The van der Waals surface area contributed by atoms with Gasteiger partial charge in [-0.05, 0) is 56.7 Å². The van der Waals surface area contributed by atoms with Crippen molar-refractivity contribution in [1.29, 1.82) is 0 Å². The second-order valence-corrected chi connectivity index (χ2v) is 9.43. The lowest BCUT2D eigenvalue weighted by atomic mass is 10.1. The molecule has 0 aliphatic rings. The van der Waals surface area contributed by atoms with E-state index in [0.717, 1.165) is 28.1 Å². The molecule has 0 saturated heterocycles. The summed E-state index contributed by atoms with van der Waals surface area (Å²) in [5.41, 5.74) is 3.69. The largest absolute Gasteiger partial charge is 0.491 e. The van der Waals surface area contributed by atoms with Gasteiger partial charge >= 0.3 is 0 Å². The van der Waals surface area contributed by atoms with Crippen LogP contribution in [0.1, 0.15) is 25.0 Å². The van der Waals surface area contributed by atoms with E-state index in [9.17, 15) is 9.50 Å². The van der Waals surface area contributed by atoms with Crippen molar-refractivity contribution in [2.45, 2.75) is 39.5 Å². The zero-order chi connectivity index (χ0) is 26.4. The highest BCUT2D eigenvalue weighted by Gasteiger charge is 2.25. The number of hydrogen-bond acceptors (Lipinski definition) is 5. The summed E-state index contributed by atoms with van der Waals surface area (Å²) in [6.07, 6.45) is -0.694. The Kier molecular flexibility index (Phi) is 8.58. The molecule has 1 unspecified atom stereocenters. The molecule has 4 aromatic rings. The van der Waals surface area contributed by atoms with E-state index in [0.29, 0.717) is 24.7 Å². The molecule has 0 fully saturated rings. The summed E-state index contributed by atoms with van der Waals surface area (Å²) in [5, 5.41) is 15.6. The third-order valence-corrected chi connectivity index (χ3v) is 6.22. The van der Waals surface area contributed by atoms with E-state index in [2.05, 4.69) is 18.7 Å². The van der Waals surface area contributed by atoms with Gasteiger partial charge in [0.2, 0.25) is 5.88 Å².